The molecule has 5 nitrogen and oxygen atoms in total. The van der Waals surface area contributed by atoms with E-state index in [2.05, 4.69) is 34.5 Å². The summed E-state index contributed by atoms with van der Waals surface area (Å²) in [7, 11) is 0. The third-order valence-electron chi connectivity index (χ3n) is 5.45. The van der Waals surface area contributed by atoms with Crippen molar-refractivity contribution in [3.05, 3.63) is 83.7 Å². The van der Waals surface area contributed by atoms with E-state index in [4.69, 9.17) is 9.47 Å². The Morgan fingerprint density at radius 3 is 2.59 bits per heavy atom. The van der Waals surface area contributed by atoms with Crippen LogP contribution in [0.15, 0.2) is 66.7 Å². The molecular formula is C26H27FN2O3. The van der Waals surface area contributed by atoms with Gasteiger partial charge in [0, 0.05) is 18.3 Å². The molecule has 1 amide bonds. The summed E-state index contributed by atoms with van der Waals surface area (Å²) in [6, 6.07) is 19.9. The van der Waals surface area contributed by atoms with E-state index in [1.54, 1.807) is 6.07 Å². The summed E-state index contributed by atoms with van der Waals surface area (Å²) >= 11 is 0. The molecule has 1 aliphatic heterocycles. The lowest BCUT2D eigenvalue weighted by Gasteiger charge is -2.38. The molecule has 0 spiro atoms. The average Bonchev–Trinajstić information content (AvgIpc) is 2.78. The first-order valence-electron chi connectivity index (χ1n) is 10.8. The van der Waals surface area contributed by atoms with Crippen LogP contribution in [0, 0.1) is 12.7 Å². The molecule has 6 heteroatoms. The number of fused-ring (bicyclic) bond motifs is 1. The smallest absolute Gasteiger partial charge is 0.226 e. The molecule has 0 fully saturated rings. The van der Waals surface area contributed by atoms with Crippen LogP contribution in [0.4, 0.5) is 15.8 Å². The van der Waals surface area contributed by atoms with Crippen LogP contribution in [0.2, 0.25) is 0 Å². The first-order valence-corrected chi connectivity index (χ1v) is 10.8. The second-order valence-electron chi connectivity index (χ2n) is 7.90. The standard InChI is InChI=1S/C26H27FN2O3/c1-3-31-23-11-9-21(10-12-23)28-26(30)15-22-17-32-25-14-20(27)8-13-24(25)29(22)16-19-6-4-18(2)5-7-19/h4-14,22H,3,15-17H2,1-2H3,(H,28,30). The van der Waals surface area contributed by atoms with E-state index < -0.39 is 0 Å². The van der Waals surface area contributed by atoms with Gasteiger partial charge in [-0.2, -0.15) is 0 Å². The van der Waals surface area contributed by atoms with Gasteiger partial charge < -0.3 is 19.7 Å². The lowest BCUT2D eigenvalue weighted by atomic mass is 10.1. The molecule has 0 saturated carbocycles. The highest BCUT2D eigenvalue weighted by atomic mass is 19.1. The molecule has 32 heavy (non-hydrogen) atoms. The summed E-state index contributed by atoms with van der Waals surface area (Å²) in [6.07, 6.45) is 0.246. The van der Waals surface area contributed by atoms with Crippen molar-refractivity contribution < 1.29 is 18.7 Å². The van der Waals surface area contributed by atoms with Gasteiger partial charge >= 0.3 is 0 Å². The number of hydrogen-bond acceptors (Lipinski definition) is 4. The largest absolute Gasteiger partial charge is 0.494 e. The van der Waals surface area contributed by atoms with Crippen LogP contribution in [-0.2, 0) is 11.3 Å². The minimum absolute atomic E-state index is 0.109. The third kappa shape index (κ3) is 5.19. The van der Waals surface area contributed by atoms with Crippen LogP contribution in [0.5, 0.6) is 11.5 Å². The Kier molecular flexibility index (Phi) is 6.59. The molecule has 3 aromatic rings. The number of amides is 1. The third-order valence-corrected chi connectivity index (χ3v) is 5.45. The van der Waals surface area contributed by atoms with Crippen molar-refractivity contribution >= 4 is 17.3 Å². The predicted molar refractivity (Wildman–Crippen MR) is 124 cm³/mol. The second-order valence-corrected chi connectivity index (χ2v) is 7.90. The summed E-state index contributed by atoms with van der Waals surface area (Å²) in [5.74, 6) is 0.813. The predicted octanol–water partition coefficient (Wildman–Crippen LogP) is 5.33. The van der Waals surface area contributed by atoms with Gasteiger partial charge in [-0.05, 0) is 55.8 Å². The normalized spacial score (nSPS) is 15.0. The number of ether oxygens (including phenoxy) is 2. The lowest BCUT2D eigenvalue weighted by Crippen LogP contribution is -2.44. The molecule has 3 aromatic carbocycles. The number of benzene rings is 3. The molecular weight excluding hydrogens is 407 g/mol. The molecule has 1 unspecified atom stereocenters. The van der Waals surface area contributed by atoms with Crippen molar-refractivity contribution in [2.24, 2.45) is 0 Å². The maximum Gasteiger partial charge on any atom is 0.226 e. The van der Waals surface area contributed by atoms with Crippen LogP contribution in [0.1, 0.15) is 24.5 Å². The molecule has 1 N–H and O–H groups in total. The Labute approximate surface area is 187 Å². The van der Waals surface area contributed by atoms with Crippen molar-refractivity contribution in [1.29, 1.82) is 0 Å². The van der Waals surface area contributed by atoms with Crippen LogP contribution in [-0.4, -0.2) is 25.2 Å². The van der Waals surface area contributed by atoms with Gasteiger partial charge in [0.25, 0.3) is 0 Å². The quantitative estimate of drug-likeness (QED) is 0.546. The van der Waals surface area contributed by atoms with Gasteiger partial charge in [-0.15, -0.1) is 0 Å². The average molecular weight is 435 g/mol. The van der Waals surface area contributed by atoms with Crippen LogP contribution < -0.4 is 19.7 Å². The minimum atomic E-state index is -0.342. The molecule has 0 bridgehead atoms. The summed E-state index contributed by atoms with van der Waals surface area (Å²) in [5.41, 5.74) is 3.80. The zero-order chi connectivity index (χ0) is 22.5. The van der Waals surface area contributed by atoms with E-state index in [1.807, 2.05) is 38.1 Å². The monoisotopic (exact) mass is 434 g/mol. The highest BCUT2D eigenvalue weighted by Crippen LogP contribution is 2.36. The number of hydrogen-bond donors (Lipinski definition) is 1. The highest BCUT2D eigenvalue weighted by molar-refractivity contribution is 5.91. The maximum absolute atomic E-state index is 13.7. The number of carbonyl (C=O) groups is 1. The van der Waals surface area contributed by atoms with Crippen molar-refractivity contribution in [1.82, 2.24) is 0 Å². The number of nitrogens with zero attached hydrogens (tertiary/aromatic N) is 1. The Bertz CT molecular complexity index is 1070. The number of aryl methyl sites for hydroxylation is 1. The minimum Gasteiger partial charge on any atom is -0.494 e. The number of anilines is 2. The molecule has 0 radical (unpaired) electrons. The number of halogens is 1. The van der Waals surface area contributed by atoms with E-state index >= 15 is 0 Å². The van der Waals surface area contributed by atoms with Gasteiger partial charge in [0.1, 0.15) is 23.9 Å². The topological polar surface area (TPSA) is 50.8 Å². The Morgan fingerprint density at radius 1 is 1.12 bits per heavy atom. The summed E-state index contributed by atoms with van der Waals surface area (Å²) in [5, 5.41) is 2.95. The van der Waals surface area contributed by atoms with Gasteiger partial charge in [-0.1, -0.05) is 29.8 Å². The van der Waals surface area contributed by atoms with E-state index in [9.17, 15) is 9.18 Å². The van der Waals surface area contributed by atoms with Gasteiger partial charge in [-0.25, -0.2) is 4.39 Å². The zero-order valence-electron chi connectivity index (χ0n) is 18.3. The molecule has 0 saturated heterocycles. The zero-order valence-corrected chi connectivity index (χ0v) is 18.3. The highest BCUT2D eigenvalue weighted by Gasteiger charge is 2.30. The fraction of sp³-hybridized carbons (Fsp3) is 0.269. The molecule has 4 rings (SSSR count). The van der Waals surface area contributed by atoms with Gasteiger partial charge in [-0.3, -0.25) is 4.79 Å². The van der Waals surface area contributed by atoms with Gasteiger partial charge in [0.15, 0.2) is 0 Å². The summed E-state index contributed by atoms with van der Waals surface area (Å²) in [4.78, 5) is 14.9. The van der Waals surface area contributed by atoms with Crippen molar-refractivity contribution in [2.75, 3.05) is 23.4 Å². The van der Waals surface area contributed by atoms with Crippen molar-refractivity contribution in [3.8, 4) is 11.5 Å². The van der Waals surface area contributed by atoms with Gasteiger partial charge in [0.05, 0.1) is 24.8 Å². The van der Waals surface area contributed by atoms with E-state index in [0.717, 1.165) is 17.0 Å². The summed E-state index contributed by atoms with van der Waals surface area (Å²) in [6.45, 7) is 5.47. The first kappa shape index (κ1) is 21.7. The molecule has 1 heterocycles. The lowest BCUT2D eigenvalue weighted by molar-refractivity contribution is -0.116. The molecule has 1 aliphatic rings. The molecule has 0 aromatic heterocycles. The SMILES string of the molecule is CCOc1ccc(NC(=O)CC2COc3cc(F)ccc3N2Cc2ccc(C)cc2)cc1. The van der Waals surface area contributed by atoms with Crippen molar-refractivity contribution in [3.63, 3.8) is 0 Å². The van der Waals surface area contributed by atoms with Crippen LogP contribution in [0.25, 0.3) is 0 Å². The number of nitrogens with one attached hydrogen (secondary N) is 1. The van der Waals surface area contributed by atoms with Crippen LogP contribution >= 0.6 is 0 Å². The van der Waals surface area contributed by atoms with E-state index in [1.165, 1.54) is 17.7 Å². The Hall–Kier alpha value is -3.54. The van der Waals surface area contributed by atoms with Crippen LogP contribution in [0.3, 0.4) is 0 Å². The Morgan fingerprint density at radius 2 is 1.88 bits per heavy atom. The van der Waals surface area contributed by atoms with Crippen molar-refractivity contribution in [2.45, 2.75) is 32.9 Å². The maximum atomic E-state index is 13.7. The van der Waals surface area contributed by atoms with E-state index in [-0.39, 0.29) is 24.2 Å². The first-order chi connectivity index (χ1) is 15.5. The molecule has 0 aliphatic carbocycles. The second kappa shape index (κ2) is 9.73. The fourth-order valence-electron chi connectivity index (χ4n) is 3.81. The van der Waals surface area contributed by atoms with Gasteiger partial charge in [0.2, 0.25) is 5.91 Å². The number of rotatable bonds is 7. The Balaban J connectivity index is 1.50. The summed E-state index contributed by atoms with van der Waals surface area (Å²) < 4.78 is 25.0. The molecule has 166 valence electrons. The van der Waals surface area contributed by atoms with E-state index in [0.29, 0.717) is 31.2 Å². The number of carbonyl (C=O) groups excluding carboxylic acids is 1. The fourth-order valence-corrected chi connectivity index (χ4v) is 3.81. The molecule has 1 atom stereocenters.